The zero-order chi connectivity index (χ0) is 19.5. The van der Waals surface area contributed by atoms with Crippen LogP contribution in [0.4, 0.5) is 0 Å². The summed E-state index contributed by atoms with van der Waals surface area (Å²) in [4.78, 5) is 21.1. The molecule has 0 atom stereocenters. The van der Waals surface area contributed by atoms with Gasteiger partial charge in [-0.05, 0) is 48.4 Å². The lowest BCUT2D eigenvalue weighted by Gasteiger charge is -2.11. The first-order valence-corrected chi connectivity index (χ1v) is 8.88. The number of aryl methyl sites for hydroxylation is 1. The van der Waals surface area contributed by atoms with Gasteiger partial charge in [0.1, 0.15) is 5.75 Å². The van der Waals surface area contributed by atoms with Crippen LogP contribution in [0.25, 0.3) is 22.7 Å². The van der Waals surface area contributed by atoms with Gasteiger partial charge in [0.25, 0.3) is 5.91 Å². The summed E-state index contributed by atoms with van der Waals surface area (Å²) in [6.07, 6.45) is 1.68. The van der Waals surface area contributed by atoms with Gasteiger partial charge in [-0.2, -0.15) is 4.98 Å². The first-order chi connectivity index (χ1) is 13.7. The number of ether oxygens (including phenoxy) is 1. The molecule has 0 unspecified atom stereocenters. The Morgan fingerprint density at radius 3 is 2.68 bits per heavy atom. The molecule has 0 saturated heterocycles. The van der Waals surface area contributed by atoms with Crippen molar-refractivity contribution >= 4 is 17.1 Å². The number of hydrogen-bond acceptors (Lipinski definition) is 5. The number of para-hydroxylation sites is 1. The van der Waals surface area contributed by atoms with Gasteiger partial charge in [-0.15, -0.1) is 0 Å². The van der Waals surface area contributed by atoms with Crippen molar-refractivity contribution in [3.8, 4) is 17.2 Å². The number of nitrogens with zero attached hydrogens (tertiary/aromatic N) is 2. The lowest BCUT2D eigenvalue weighted by Crippen LogP contribution is -2.23. The summed E-state index contributed by atoms with van der Waals surface area (Å²) in [5.41, 5.74) is 4.51. The molecule has 6 heteroatoms. The van der Waals surface area contributed by atoms with Crippen molar-refractivity contribution in [2.24, 2.45) is 0 Å². The van der Waals surface area contributed by atoms with Crippen molar-refractivity contribution < 1.29 is 13.9 Å². The third kappa shape index (κ3) is 3.44. The van der Waals surface area contributed by atoms with Crippen molar-refractivity contribution in [2.45, 2.75) is 13.5 Å². The van der Waals surface area contributed by atoms with E-state index in [9.17, 15) is 4.79 Å². The van der Waals surface area contributed by atoms with Crippen LogP contribution in [0.2, 0.25) is 0 Å². The number of aromatic nitrogens is 2. The van der Waals surface area contributed by atoms with Gasteiger partial charge >= 0.3 is 0 Å². The Bertz CT molecular complexity index is 1100. The summed E-state index contributed by atoms with van der Waals surface area (Å²) in [7, 11) is 1.57. The summed E-state index contributed by atoms with van der Waals surface area (Å²) in [5.74, 6) is 0.948. The third-order valence-electron chi connectivity index (χ3n) is 4.48. The first-order valence-electron chi connectivity index (χ1n) is 8.88. The highest BCUT2D eigenvalue weighted by Gasteiger charge is 2.14. The predicted octanol–water partition coefficient (Wildman–Crippen LogP) is 4.14. The molecule has 4 rings (SSSR count). The molecule has 6 nitrogen and oxygen atoms in total. The third-order valence-corrected chi connectivity index (χ3v) is 4.48. The van der Waals surface area contributed by atoms with Crippen LogP contribution in [0.1, 0.15) is 21.5 Å². The van der Waals surface area contributed by atoms with E-state index >= 15 is 0 Å². The van der Waals surface area contributed by atoms with E-state index in [0.29, 0.717) is 35.0 Å². The van der Waals surface area contributed by atoms with E-state index in [1.165, 1.54) is 0 Å². The van der Waals surface area contributed by atoms with Crippen molar-refractivity contribution in [3.63, 3.8) is 0 Å². The molecule has 4 aromatic rings. The topological polar surface area (TPSA) is 77.2 Å². The number of hydrogen-bond donors (Lipinski definition) is 1. The normalized spacial score (nSPS) is 10.8. The molecule has 0 spiro atoms. The molecule has 2 heterocycles. The number of pyridine rings is 1. The second-order valence-corrected chi connectivity index (χ2v) is 6.38. The van der Waals surface area contributed by atoms with Crippen LogP contribution < -0.4 is 10.1 Å². The molecule has 1 amide bonds. The monoisotopic (exact) mass is 373 g/mol. The second kappa shape index (κ2) is 7.52. The van der Waals surface area contributed by atoms with E-state index in [-0.39, 0.29) is 5.91 Å². The minimum absolute atomic E-state index is 0.172. The molecule has 140 valence electrons. The van der Waals surface area contributed by atoms with Gasteiger partial charge in [0, 0.05) is 18.3 Å². The maximum atomic E-state index is 12.5. The van der Waals surface area contributed by atoms with Crippen LogP contribution in [-0.4, -0.2) is 23.0 Å². The quantitative estimate of drug-likeness (QED) is 0.569. The standard InChI is InChI=1S/C22H19N3O3/c1-14-5-3-6-17(19(14)27-2)21(26)24-13-15-8-10-16(11-9-15)22-25-20-18(28-22)7-4-12-23-20/h3-12H,13H2,1-2H3,(H,24,26). The highest BCUT2D eigenvalue weighted by atomic mass is 16.5. The lowest BCUT2D eigenvalue weighted by atomic mass is 10.1. The van der Waals surface area contributed by atoms with Crippen molar-refractivity contribution in [3.05, 3.63) is 77.5 Å². The average Bonchev–Trinajstić information content (AvgIpc) is 3.16. The molecule has 0 fully saturated rings. The Morgan fingerprint density at radius 2 is 1.93 bits per heavy atom. The maximum absolute atomic E-state index is 12.5. The molecule has 2 aromatic carbocycles. The molecule has 0 radical (unpaired) electrons. The van der Waals surface area contributed by atoms with Gasteiger partial charge in [-0.1, -0.05) is 24.3 Å². The zero-order valence-electron chi connectivity index (χ0n) is 15.6. The van der Waals surface area contributed by atoms with E-state index in [1.54, 1.807) is 19.4 Å². The predicted molar refractivity (Wildman–Crippen MR) is 106 cm³/mol. The van der Waals surface area contributed by atoms with Crippen LogP contribution in [-0.2, 0) is 6.54 Å². The fourth-order valence-corrected chi connectivity index (χ4v) is 3.04. The van der Waals surface area contributed by atoms with Crippen molar-refractivity contribution in [1.82, 2.24) is 15.3 Å². The molecule has 0 saturated carbocycles. The van der Waals surface area contributed by atoms with Gasteiger partial charge in [0.15, 0.2) is 11.2 Å². The van der Waals surface area contributed by atoms with E-state index in [0.717, 1.165) is 16.7 Å². The summed E-state index contributed by atoms with van der Waals surface area (Å²) in [6, 6.07) is 16.9. The minimum Gasteiger partial charge on any atom is -0.496 e. The van der Waals surface area contributed by atoms with Gasteiger partial charge in [-0.3, -0.25) is 4.79 Å². The number of rotatable bonds is 5. The van der Waals surface area contributed by atoms with Crippen molar-refractivity contribution in [1.29, 1.82) is 0 Å². The molecule has 0 aliphatic rings. The maximum Gasteiger partial charge on any atom is 0.255 e. The lowest BCUT2D eigenvalue weighted by molar-refractivity contribution is 0.0947. The van der Waals surface area contributed by atoms with E-state index in [1.807, 2.05) is 55.5 Å². The Kier molecular flexibility index (Phi) is 4.76. The fraction of sp³-hybridized carbons (Fsp3) is 0.136. The largest absolute Gasteiger partial charge is 0.496 e. The summed E-state index contributed by atoms with van der Waals surface area (Å²) < 4.78 is 11.1. The van der Waals surface area contributed by atoms with Crippen LogP contribution in [0, 0.1) is 6.92 Å². The van der Waals surface area contributed by atoms with Crippen LogP contribution in [0.15, 0.2) is 65.2 Å². The van der Waals surface area contributed by atoms with Crippen LogP contribution in [0.3, 0.4) is 0 Å². The number of carbonyl (C=O) groups is 1. The number of nitrogens with one attached hydrogen (secondary N) is 1. The summed E-state index contributed by atoms with van der Waals surface area (Å²) >= 11 is 0. The minimum atomic E-state index is -0.172. The highest BCUT2D eigenvalue weighted by molar-refractivity contribution is 5.97. The van der Waals surface area contributed by atoms with E-state index in [4.69, 9.17) is 9.15 Å². The molecule has 0 aliphatic carbocycles. The summed E-state index contributed by atoms with van der Waals surface area (Å²) in [5, 5.41) is 2.93. The number of methoxy groups -OCH3 is 1. The molecule has 28 heavy (non-hydrogen) atoms. The molecular weight excluding hydrogens is 354 g/mol. The second-order valence-electron chi connectivity index (χ2n) is 6.38. The Balaban J connectivity index is 1.46. The molecule has 0 aliphatic heterocycles. The number of fused-ring (bicyclic) bond motifs is 1. The van der Waals surface area contributed by atoms with E-state index < -0.39 is 0 Å². The number of carbonyl (C=O) groups excluding carboxylic acids is 1. The molecule has 2 aromatic heterocycles. The molecule has 1 N–H and O–H groups in total. The van der Waals surface area contributed by atoms with Gasteiger partial charge in [0.05, 0.1) is 12.7 Å². The highest BCUT2D eigenvalue weighted by Crippen LogP contribution is 2.24. The first kappa shape index (κ1) is 17.7. The molecule has 0 bridgehead atoms. The SMILES string of the molecule is COc1c(C)cccc1C(=O)NCc1ccc(-c2nc3ncccc3o2)cc1. The van der Waals surface area contributed by atoms with Crippen molar-refractivity contribution in [2.75, 3.05) is 7.11 Å². The number of oxazole rings is 1. The van der Waals surface area contributed by atoms with Gasteiger partial charge < -0.3 is 14.5 Å². The summed E-state index contributed by atoms with van der Waals surface area (Å²) in [6.45, 7) is 2.32. The number of benzene rings is 2. The Labute approximate surface area is 162 Å². The molecular formula is C22H19N3O3. The van der Waals surface area contributed by atoms with E-state index in [2.05, 4.69) is 15.3 Å². The average molecular weight is 373 g/mol. The fourth-order valence-electron chi connectivity index (χ4n) is 3.04. The Hall–Kier alpha value is -3.67. The number of amides is 1. The zero-order valence-corrected chi connectivity index (χ0v) is 15.6. The Morgan fingerprint density at radius 1 is 1.11 bits per heavy atom. The van der Waals surface area contributed by atoms with Gasteiger partial charge in [-0.25, -0.2) is 4.98 Å². The van der Waals surface area contributed by atoms with Gasteiger partial charge in [0.2, 0.25) is 5.89 Å². The van der Waals surface area contributed by atoms with Crippen LogP contribution in [0.5, 0.6) is 5.75 Å². The van der Waals surface area contributed by atoms with Crippen LogP contribution >= 0.6 is 0 Å². The smallest absolute Gasteiger partial charge is 0.255 e.